The molecule has 3 aromatic heterocycles. The second-order valence-corrected chi connectivity index (χ2v) is 10.2. The smallest absolute Gasteiger partial charge is 0.225 e. The normalized spacial score (nSPS) is 31.4. The van der Waals surface area contributed by atoms with Crippen LogP contribution in [0.15, 0.2) is 0 Å². The Kier molecular flexibility index (Phi) is 5.98. The predicted octanol–water partition coefficient (Wildman–Crippen LogP) is 0.263. The number of aryl methyl sites for hydroxylation is 1. The molecule has 2 saturated carbocycles. The number of nitrogen functional groups attached to an aromatic ring is 1. The number of nitrogens with one attached hydrogen (secondary N) is 1. The Morgan fingerprint density at radius 3 is 2.44 bits per heavy atom. The first kappa shape index (κ1) is 23.5. The molecule has 1 saturated heterocycles. The van der Waals surface area contributed by atoms with Crippen molar-refractivity contribution in [1.82, 2.24) is 39.7 Å². The fourth-order valence-electron chi connectivity index (χ4n) is 5.76. The van der Waals surface area contributed by atoms with Crippen LogP contribution >= 0.6 is 0 Å². The number of aliphatic hydroxyl groups is 2. The average Bonchev–Trinajstić information content (AvgIpc) is 3.64. The molecule has 194 valence electrons. The van der Waals surface area contributed by atoms with Crippen molar-refractivity contribution in [1.29, 1.82) is 0 Å². The Balaban J connectivity index is 1.39. The van der Waals surface area contributed by atoms with Crippen LogP contribution in [0.1, 0.15) is 81.1 Å². The third-order valence-electron chi connectivity index (χ3n) is 7.71. The Bertz CT molecular complexity index is 1230. The van der Waals surface area contributed by atoms with Gasteiger partial charge in [0.1, 0.15) is 17.7 Å². The van der Waals surface area contributed by atoms with E-state index < -0.39 is 24.5 Å². The minimum Gasteiger partial charge on any atom is -0.387 e. The number of rotatable bonds is 5. The highest BCUT2D eigenvalue weighted by Crippen LogP contribution is 2.42. The minimum absolute atomic E-state index is 0.128. The SMILES string of the molecule is Cn1nnc([C@H]2O[C@@H](n3c(N)nc4c(C5CCCC5)nc(NC5CCC(N)CC5)nc43)[C@H](O)[C@@H]2O)n1. The lowest BCUT2D eigenvalue weighted by molar-refractivity contribution is -0.0371. The van der Waals surface area contributed by atoms with Crippen molar-refractivity contribution < 1.29 is 14.9 Å². The van der Waals surface area contributed by atoms with Crippen LogP contribution in [0.5, 0.6) is 0 Å². The number of aliphatic hydroxyl groups excluding tert-OH is 2. The molecule has 6 rings (SSSR count). The molecule has 0 amide bonds. The van der Waals surface area contributed by atoms with Gasteiger partial charge < -0.3 is 31.7 Å². The first-order chi connectivity index (χ1) is 17.4. The summed E-state index contributed by atoms with van der Waals surface area (Å²) in [5, 5.41) is 37.1. The minimum atomic E-state index is -1.31. The Hall–Kier alpha value is -2.94. The van der Waals surface area contributed by atoms with E-state index in [1.54, 1.807) is 11.6 Å². The van der Waals surface area contributed by atoms with Crippen LogP contribution in [-0.2, 0) is 11.8 Å². The maximum absolute atomic E-state index is 11.0. The van der Waals surface area contributed by atoms with E-state index in [1.165, 1.54) is 4.80 Å². The lowest BCUT2D eigenvalue weighted by Crippen LogP contribution is -2.33. The summed E-state index contributed by atoms with van der Waals surface area (Å²) in [5.74, 6) is 1.07. The number of hydrogen-bond acceptors (Lipinski definition) is 12. The number of nitrogens with zero attached hydrogens (tertiary/aromatic N) is 8. The van der Waals surface area contributed by atoms with Gasteiger partial charge in [0.05, 0.1) is 12.7 Å². The van der Waals surface area contributed by atoms with Crippen LogP contribution in [-0.4, -0.2) is 74.2 Å². The molecule has 36 heavy (non-hydrogen) atoms. The number of imidazole rings is 1. The molecule has 4 atom stereocenters. The van der Waals surface area contributed by atoms with E-state index in [0.717, 1.165) is 57.1 Å². The summed E-state index contributed by atoms with van der Waals surface area (Å²) in [4.78, 5) is 15.6. The van der Waals surface area contributed by atoms with Gasteiger partial charge in [0, 0.05) is 18.0 Å². The fourth-order valence-corrected chi connectivity index (χ4v) is 5.76. The summed E-state index contributed by atoms with van der Waals surface area (Å²) in [6.45, 7) is 0. The molecule has 0 radical (unpaired) electrons. The first-order valence-electron chi connectivity index (χ1n) is 12.7. The number of aromatic nitrogens is 8. The lowest BCUT2D eigenvalue weighted by Gasteiger charge is -2.27. The van der Waals surface area contributed by atoms with Crippen molar-refractivity contribution in [2.75, 3.05) is 11.1 Å². The van der Waals surface area contributed by atoms with E-state index >= 15 is 0 Å². The third kappa shape index (κ3) is 4.07. The monoisotopic (exact) mass is 499 g/mol. The number of fused-ring (bicyclic) bond motifs is 1. The Morgan fingerprint density at radius 1 is 1.00 bits per heavy atom. The third-order valence-corrected chi connectivity index (χ3v) is 7.71. The van der Waals surface area contributed by atoms with Crippen LogP contribution in [0.4, 0.5) is 11.9 Å². The van der Waals surface area contributed by atoms with Gasteiger partial charge in [0.2, 0.25) is 17.7 Å². The van der Waals surface area contributed by atoms with Gasteiger partial charge in [-0.15, -0.1) is 10.2 Å². The highest BCUT2D eigenvalue weighted by atomic mass is 16.6. The molecular weight excluding hydrogens is 466 g/mol. The fraction of sp³-hybridized carbons (Fsp3) is 0.727. The number of tetrazole rings is 1. The molecular formula is C22H33N11O3. The molecule has 14 nitrogen and oxygen atoms in total. The summed E-state index contributed by atoms with van der Waals surface area (Å²) in [5.41, 5.74) is 14.4. The van der Waals surface area contributed by atoms with E-state index in [0.29, 0.717) is 17.1 Å². The zero-order valence-electron chi connectivity index (χ0n) is 20.2. The summed E-state index contributed by atoms with van der Waals surface area (Å²) in [7, 11) is 1.61. The second kappa shape index (κ2) is 9.18. The summed E-state index contributed by atoms with van der Waals surface area (Å²) in [6.07, 6.45) is 3.54. The van der Waals surface area contributed by atoms with E-state index in [1.807, 2.05) is 0 Å². The molecule has 0 unspecified atom stereocenters. The predicted molar refractivity (Wildman–Crippen MR) is 128 cm³/mol. The first-order valence-corrected chi connectivity index (χ1v) is 12.7. The van der Waals surface area contributed by atoms with Crippen molar-refractivity contribution >= 4 is 23.1 Å². The van der Waals surface area contributed by atoms with Gasteiger partial charge in [-0.05, 0) is 43.7 Å². The van der Waals surface area contributed by atoms with E-state index in [-0.39, 0.29) is 29.8 Å². The zero-order valence-corrected chi connectivity index (χ0v) is 20.2. The molecule has 3 fully saturated rings. The van der Waals surface area contributed by atoms with E-state index in [2.05, 4.69) is 25.7 Å². The Labute approximate surface area is 207 Å². The zero-order chi connectivity index (χ0) is 25.0. The molecule has 0 bridgehead atoms. The van der Waals surface area contributed by atoms with E-state index in [9.17, 15) is 10.2 Å². The average molecular weight is 500 g/mol. The van der Waals surface area contributed by atoms with Crippen LogP contribution < -0.4 is 16.8 Å². The van der Waals surface area contributed by atoms with E-state index in [4.69, 9.17) is 26.2 Å². The maximum atomic E-state index is 11.0. The molecule has 7 N–H and O–H groups in total. The standard InChI is InChI=1S/C22H33N11O3/c1-32-30-18(29-31-32)17-15(34)16(35)20(36-17)33-19-14(26-21(33)24)13(10-4-2-3-5-10)27-22(28-19)25-12-8-6-11(23)7-9-12/h10-12,15-17,20,34-35H,2-9,23H2,1H3,(H2,24,26)(H,25,27,28)/t11?,12?,15-,16+,17-,20+/m0/s1. The molecule has 2 aliphatic carbocycles. The van der Waals surface area contributed by atoms with Crippen molar-refractivity contribution in [2.45, 2.75) is 93.9 Å². The van der Waals surface area contributed by atoms with Gasteiger partial charge in [-0.25, -0.2) is 9.97 Å². The van der Waals surface area contributed by atoms with Crippen molar-refractivity contribution in [3.05, 3.63) is 11.5 Å². The molecule has 3 aliphatic rings. The molecule has 4 heterocycles. The largest absolute Gasteiger partial charge is 0.387 e. The number of anilines is 2. The topological polar surface area (TPSA) is 201 Å². The van der Waals surface area contributed by atoms with Crippen LogP contribution in [0.2, 0.25) is 0 Å². The summed E-state index contributed by atoms with van der Waals surface area (Å²) in [6, 6.07) is 0.473. The van der Waals surface area contributed by atoms with Crippen molar-refractivity contribution in [2.24, 2.45) is 12.8 Å². The Morgan fingerprint density at radius 2 is 1.75 bits per heavy atom. The summed E-state index contributed by atoms with van der Waals surface area (Å²) < 4.78 is 7.60. The molecule has 1 aliphatic heterocycles. The van der Waals surface area contributed by atoms with Gasteiger partial charge in [0.25, 0.3) is 0 Å². The summed E-state index contributed by atoms with van der Waals surface area (Å²) >= 11 is 0. The van der Waals surface area contributed by atoms with Gasteiger partial charge in [-0.2, -0.15) is 9.78 Å². The maximum Gasteiger partial charge on any atom is 0.225 e. The number of ether oxygens (including phenoxy) is 1. The van der Waals surface area contributed by atoms with Crippen molar-refractivity contribution in [3.63, 3.8) is 0 Å². The molecule has 0 spiro atoms. The highest BCUT2D eigenvalue weighted by Gasteiger charge is 2.48. The van der Waals surface area contributed by atoms with Gasteiger partial charge in [-0.3, -0.25) is 4.57 Å². The molecule has 0 aromatic carbocycles. The molecule has 3 aromatic rings. The van der Waals surface area contributed by atoms with Gasteiger partial charge in [-0.1, -0.05) is 12.8 Å². The lowest BCUT2D eigenvalue weighted by atomic mass is 9.92. The van der Waals surface area contributed by atoms with Crippen LogP contribution in [0.25, 0.3) is 11.2 Å². The number of nitrogens with two attached hydrogens (primary N) is 2. The van der Waals surface area contributed by atoms with Crippen molar-refractivity contribution in [3.8, 4) is 0 Å². The quantitative estimate of drug-likeness (QED) is 0.321. The second-order valence-electron chi connectivity index (χ2n) is 10.2. The highest BCUT2D eigenvalue weighted by molar-refractivity contribution is 5.79. The number of hydrogen-bond donors (Lipinski definition) is 5. The van der Waals surface area contributed by atoms with Crippen LogP contribution in [0.3, 0.4) is 0 Å². The van der Waals surface area contributed by atoms with Gasteiger partial charge in [0.15, 0.2) is 18.0 Å². The van der Waals surface area contributed by atoms with Crippen LogP contribution in [0, 0.1) is 0 Å². The van der Waals surface area contributed by atoms with Gasteiger partial charge >= 0.3 is 0 Å². The molecule has 14 heteroatoms.